The van der Waals surface area contributed by atoms with Gasteiger partial charge in [-0.15, -0.1) is 0 Å². The van der Waals surface area contributed by atoms with Crippen molar-refractivity contribution in [3.63, 3.8) is 0 Å². The smallest absolute Gasteiger partial charge is 0.367 e. The van der Waals surface area contributed by atoms with Gasteiger partial charge in [0.2, 0.25) is 5.95 Å². The molecule has 3 heterocycles. The van der Waals surface area contributed by atoms with E-state index in [1.54, 1.807) is 24.1 Å². The summed E-state index contributed by atoms with van der Waals surface area (Å²) in [5, 5.41) is 10.6. The third-order valence-corrected chi connectivity index (χ3v) is 4.67. The Hall–Kier alpha value is -2.07. The van der Waals surface area contributed by atoms with Crippen molar-refractivity contribution >= 4 is 29.1 Å². The van der Waals surface area contributed by atoms with Gasteiger partial charge < -0.3 is 10.6 Å². The number of nitrogens with one attached hydrogen (secondary N) is 2. The van der Waals surface area contributed by atoms with Crippen LogP contribution in [0.5, 0.6) is 0 Å². The van der Waals surface area contributed by atoms with Crippen LogP contribution in [0.2, 0.25) is 5.02 Å². The van der Waals surface area contributed by atoms with Gasteiger partial charge >= 0.3 is 6.18 Å². The molecule has 0 saturated carbocycles. The van der Waals surface area contributed by atoms with Gasteiger partial charge in [0.25, 0.3) is 0 Å². The first-order chi connectivity index (χ1) is 12.8. The number of hydrogen-bond donors (Lipinski definition) is 2. The highest BCUT2D eigenvalue weighted by Gasteiger charge is 2.31. The monoisotopic (exact) mass is 403 g/mol. The number of rotatable bonds is 7. The quantitative estimate of drug-likeness (QED) is 0.738. The van der Waals surface area contributed by atoms with Crippen LogP contribution >= 0.6 is 11.6 Å². The number of anilines is 3. The van der Waals surface area contributed by atoms with E-state index in [2.05, 4.69) is 25.7 Å². The summed E-state index contributed by atoms with van der Waals surface area (Å²) in [6.07, 6.45) is 1.69. The molecule has 1 atom stereocenters. The van der Waals surface area contributed by atoms with E-state index in [1.807, 2.05) is 4.90 Å². The highest BCUT2D eigenvalue weighted by molar-refractivity contribution is 6.32. The maximum atomic E-state index is 12.5. The maximum absolute atomic E-state index is 12.5. The van der Waals surface area contributed by atoms with E-state index < -0.39 is 12.6 Å². The summed E-state index contributed by atoms with van der Waals surface area (Å²) >= 11 is 6.15. The Kier molecular flexibility index (Phi) is 6.05. The molecule has 0 unspecified atom stereocenters. The maximum Gasteiger partial charge on any atom is 0.390 e. The summed E-state index contributed by atoms with van der Waals surface area (Å²) < 4.78 is 39.1. The molecule has 1 aliphatic rings. The van der Waals surface area contributed by atoms with Gasteiger partial charge in [-0.05, 0) is 19.4 Å². The van der Waals surface area contributed by atoms with Crippen LogP contribution in [0, 0.1) is 0 Å². The molecule has 0 aromatic carbocycles. The second-order valence-electron chi connectivity index (χ2n) is 6.50. The van der Waals surface area contributed by atoms with E-state index in [9.17, 15) is 13.2 Å². The van der Waals surface area contributed by atoms with E-state index in [1.165, 1.54) is 6.20 Å². The largest absolute Gasteiger partial charge is 0.390 e. The summed E-state index contributed by atoms with van der Waals surface area (Å²) in [6, 6.07) is 0.0214. The van der Waals surface area contributed by atoms with Crippen molar-refractivity contribution in [2.45, 2.75) is 31.5 Å². The molecule has 0 amide bonds. The standard InChI is InChI=1S/C16H21ClF3N7/c1-26-10-11(7-23-26)24-15-22-9-13(17)14(25-15)21-8-12-3-2-5-27(12)6-4-16(18,19)20/h7,9-10,12H,2-6,8H2,1H3,(H2,21,22,24,25)/t12-/m1/s1. The summed E-state index contributed by atoms with van der Waals surface area (Å²) in [5.41, 5.74) is 0.736. The van der Waals surface area contributed by atoms with E-state index >= 15 is 0 Å². The highest BCUT2D eigenvalue weighted by Crippen LogP contribution is 2.25. The fraction of sp³-hybridized carbons (Fsp3) is 0.562. The molecule has 0 spiro atoms. The van der Waals surface area contributed by atoms with Crippen molar-refractivity contribution in [2.24, 2.45) is 7.05 Å². The van der Waals surface area contributed by atoms with Crippen LogP contribution in [0.1, 0.15) is 19.3 Å². The van der Waals surface area contributed by atoms with Gasteiger partial charge in [-0.3, -0.25) is 9.58 Å². The van der Waals surface area contributed by atoms with Crippen LogP contribution < -0.4 is 10.6 Å². The number of aromatic nitrogens is 4. The van der Waals surface area contributed by atoms with Crippen molar-refractivity contribution in [3.8, 4) is 0 Å². The number of halogens is 4. The van der Waals surface area contributed by atoms with Crippen molar-refractivity contribution in [1.29, 1.82) is 0 Å². The molecule has 0 bridgehead atoms. The Morgan fingerprint density at radius 2 is 2.15 bits per heavy atom. The molecule has 1 aliphatic heterocycles. The van der Waals surface area contributed by atoms with E-state index in [-0.39, 0.29) is 12.6 Å². The number of hydrogen-bond acceptors (Lipinski definition) is 6. The van der Waals surface area contributed by atoms with Gasteiger partial charge in [0.1, 0.15) is 5.02 Å². The van der Waals surface area contributed by atoms with Crippen LogP contribution in [0.3, 0.4) is 0 Å². The molecule has 27 heavy (non-hydrogen) atoms. The van der Waals surface area contributed by atoms with Gasteiger partial charge in [-0.2, -0.15) is 23.3 Å². The topological polar surface area (TPSA) is 70.9 Å². The fourth-order valence-electron chi connectivity index (χ4n) is 3.07. The lowest BCUT2D eigenvalue weighted by atomic mass is 10.2. The van der Waals surface area contributed by atoms with Crippen LogP contribution in [0.15, 0.2) is 18.6 Å². The SMILES string of the molecule is Cn1cc(Nc2ncc(Cl)c(NC[C@H]3CCCN3CCC(F)(F)F)n2)cn1. The first kappa shape index (κ1) is 19.7. The molecule has 1 saturated heterocycles. The van der Waals surface area contributed by atoms with Gasteiger partial charge in [-0.1, -0.05) is 11.6 Å². The van der Waals surface area contributed by atoms with Crippen molar-refractivity contribution in [1.82, 2.24) is 24.6 Å². The second kappa shape index (κ2) is 8.30. The average molecular weight is 404 g/mol. The minimum absolute atomic E-state index is 0.0150. The third-order valence-electron chi connectivity index (χ3n) is 4.39. The van der Waals surface area contributed by atoms with Crippen LogP contribution in [-0.4, -0.2) is 56.5 Å². The van der Waals surface area contributed by atoms with Gasteiger partial charge in [0.05, 0.1) is 24.5 Å². The van der Waals surface area contributed by atoms with Crippen molar-refractivity contribution < 1.29 is 13.2 Å². The molecule has 11 heteroatoms. The average Bonchev–Trinajstić information content (AvgIpc) is 3.21. The zero-order chi connectivity index (χ0) is 19.4. The molecule has 2 aromatic heterocycles. The molecule has 2 N–H and O–H groups in total. The molecule has 3 rings (SSSR count). The molecule has 1 fully saturated rings. The predicted molar refractivity (Wildman–Crippen MR) is 97.3 cm³/mol. The first-order valence-corrected chi connectivity index (χ1v) is 9.01. The minimum atomic E-state index is -4.14. The summed E-state index contributed by atoms with van der Waals surface area (Å²) in [6.45, 7) is 1.16. The zero-order valence-electron chi connectivity index (χ0n) is 14.8. The Bertz CT molecular complexity index is 765. The van der Waals surface area contributed by atoms with Gasteiger partial charge in [-0.25, -0.2) is 4.98 Å². The first-order valence-electron chi connectivity index (χ1n) is 8.63. The molecular formula is C16H21ClF3N7. The van der Waals surface area contributed by atoms with Crippen molar-refractivity contribution in [2.75, 3.05) is 30.3 Å². The van der Waals surface area contributed by atoms with Crippen LogP contribution in [-0.2, 0) is 7.05 Å². The summed E-state index contributed by atoms with van der Waals surface area (Å²) in [5.74, 6) is 0.802. The molecule has 0 aliphatic carbocycles. The van der Waals surface area contributed by atoms with E-state index in [0.29, 0.717) is 29.9 Å². The lowest BCUT2D eigenvalue weighted by Crippen LogP contribution is -2.37. The predicted octanol–water partition coefficient (Wildman–Crippen LogP) is 3.44. The second-order valence-corrected chi connectivity index (χ2v) is 6.90. The number of nitrogens with zero attached hydrogens (tertiary/aromatic N) is 5. The zero-order valence-corrected chi connectivity index (χ0v) is 15.6. The summed E-state index contributed by atoms with van der Waals surface area (Å²) in [7, 11) is 1.80. The van der Waals surface area contributed by atoms with Crippen LogP contribution in [0.25, 0.3) is 0 Å². The fourth-order valence-corrected chi connectivity index (χ4v) is 3.23. The number of aryl methyl sites for hydroxylation is 1. The Balaban J connectivity index is 1.59. The van der Waals surface area contributed by atoms with E-state index in [4.69, 9.17) is 11.6 Å². The minimum Gasteiger partial charge on any atom is -0.367 e. The van der Waals surface area contributed by atoms with E-state index in [0.717, 1.165) is 18.5 Å². The number of likely N-dealkylation sites (tertiary alicyclic amines) is 1. The Morgan fingerprint density at radius 1 is 1.33 bits per heavy atom. The summed E-state index contributed by atoms with van der Waals surface area (Å²) in [4.78, 5) is 10.3. The van der Waals surface area contributed by atoms with Gasteiger partial charge in [0.15, 0.2) is 5.82 Å². The highest BCUT2D eigenvalue weighted by atomic mass is 35.5. The third kappa shape index (κ3) is 5.70. The van der Waals surface area contributed by atoms with Crippen molar-refractivity contribution in [3.05, 3.63) is 23.6 Å². The van der Waals surface area contributed by atoms with Gasteiger partial charge in [0, 0.05) is 32.4 Å². The lowest BCUT2D eigenvalue weighted by Gasteiger charge is -2.25. The normalized spacial score (nSPS) is 18.0. The lowest BCUT2D eigenvalue weighted by molar-refractivity contribution is -0.138. The molecule has 2 aromatic rings. The molecule has 0 radical (unpaired) electrons. The molecule has 148 valence electrons. The van der Waals surface area contributed by atoms with Crippen LogP contribution in [0.4, 0.5) is 30.6 Å². The Morgan fingerprint density at radius 3 is 2.85 bits per heavy atom. The Labute approximate surface area is 159 Å². The molecule has 7 nitrogen and oxygen atoms in total. The molecular weight excluding hydrogens is 383 g/mol. The number of alkyl halides is 3.